The second-order valence-corrected chi connectivity index (χ2v) is 6.60. The van der Waals surface area contributed by atoms with Crippen LogP contribution < -0.4 is 4.72 Å². The lowest BCUT2D eigenvalue weighted by atomic mass is 10.1. The molecule has 0 saturated carbocycles. The first kappa shape index (κ1) is 17.8. The Hall–Kier alpha value is -1.15. The smallest absolute Gasteiger partial charge is 0.321 e. The van der Waals surface area contributed by atoms with Gasteiger partial charge in [-0.05, 0) is 13.3 Å². The van der Waals surface area contributed by atoms with Gasteiger partial charge in [0.15, 0.2) is 5.25 Å². The zero-order valence-electron chi connectivity index (χ0n) is 11.7. The standard InChI is InChI=1S/C11H22N2O5S/c1-5-6-7-9(11(15)16)12-19(17,18)8(2)10(14)13(3)4/h8-9,12H,5-7H2,1-4H3,(H,15,16). The summed E-state index contributed by atoms with van der Waals surface area (Å²) >= 11 is 0. The van der Waals surface area contributed by atoms with Crippen molar-refractivity contribution in [3.05, 3.63) is 0 Å². The maximum atomic E-state index is 11.9. The minimum Gasteiger partial charge on any atom is -0.480 e. The molecule has 7 nitrogen and oxygen atoms in total. The molecule has 0 aliphatic carbocycles. The molecule has 0 aromatic carbocycles. The van der Waals surface area contributed by atoms with Crippen LogP contribution in [0.15, 0.2) is 0 Å². The number of aliphatic carboxylic acids is 1. The van der Waals surface area contributed by atoms with Gasteiger partial charge in [0.05, 0.1) is 0 Å². The second-order valence-electron chi connectivity index (χ2n) is 4.57. The summed E-state index contributed by atoms with van der Waals surface area (Å²) in [5.74, 6) is -1.83. The van der Waals surface area contributed by atoms with E-state index in [1.54, 1.807) is 0 Å². The van der Waals surface area contributed by atoms with Gasteiger partial charge < -0.3 is 10.0 Å². The minimum absolute atomic E-state index is 0.202. The molecule has 0 heterocycles. The fraction of sp³-hybridized carbons (Fsp3) is 0.818. The molecule has 0 aromatic rings. The van der Waals surface area contributed by atoms with Crippen LogP contribution in [0.25, 0.3) is 0 Å². The van der Waals surface area contributed by atoms with E-state index in [9.17, 15) is 18.0 Å². The predicted octanol–water partition coefficient (Wildman–Crippen LogP) is 0.0259. The van der Waals surface area contributed by atoms with E-state index in [0.717, 1.165) is 11.3 Å². The van der Waals surface area contributed by atoms with Crippen LogP contribution in [0.3, 0.4) is 0 Å². The van der Waals surface area contributed by atoms with Crippen LogP contribution in [0.2, 0.25) is 0 Å². The van der Waals surface area contributed by atoms with Crippen molar-refractivity contribution >= 4 is 21.9 Å². The normalized spacial score (nSPS) is 14.7. The molecule has 0 aliphatic rings. The molecule has 0 bridgehead atoms. The maximum Gasteiger partial charge on any atom is 0.321 e. The van der Waals surface area contributed by atoms with Crippen molar-refractivity contribution in [3.63, 3.8) is 0 Å². The van der Waals surface area contributed by atoms with Crippen molar-refractivity contribution in [1.29, 1.82) is 0 Å². The summed E-state index contributed by atoms with van der Waals surface area (Å²) in [6.07, 6.45) is 1.56. The van der Waals surface area contributed by atoms with Crippen LogP contribution in [0, 0.1) is 0 Å². The number of carboxylic acids is 1. The largest absolute Gasteiger partial charge is 0.480 e. The van der Waals surface area contributed by atoms with E-state index in [4.69, 9.17) is 5.11 Å². The number of carbonyl (C=O) groups excluding carboxylic acids is 1. The Kier molecular flexibility index (Phi) is 6.99. The number of carbonyl (C=O) groups is 2. The number of carboxylic acid groups (broad SMARTS) is 1. The Morgan fingerprint density at radius 3 is 2.21 bits per heavy atom. The highest BCUT2D eigenvalue weighted by molar-refractivity contribution is 7.90. The molecule has 19 heavy (non-hydrogen) atoms. The van der Waals surface area contributed by atoms with Gasteiger partial charge in [-0.3, -0.25) is 9.59 Å². The summed E-state index contributed by atoms with van der Waals surface area (Å²) in [6, 6.07) is -1.19. The summed E-state index contributed by atoms with van der Waals surface area (Å²) < 4.78 is 26.0. The Bertz CT molecular complexity index is 419. The van der Waals surface area contributed by atoms with E-state index in [1.807, 2.05) is 6.92 Å². The average Bonchev–Trinajstić information content (AvgIpc) is 2.31. The highest BCUT2D eigenvalue weighted by atomic mass is 32.2. The lowest BCUT2D eigenvalue weighted by Gasteiger charge is -2.20. The molecule has 0 radical (unpaired) electrons. The van der Waals surface area contributed by atoms with E-state index in [0.29, 0.717) is 6.42 Å². The monoisotopic (exact) mass is 294 g/mol. The Morgan fingerprint density at radius 2 is 1.84 bits per heavy atom. The van der Waals surface area contributed by atoms with E-state index < -0.39 is 33.2 Å². The predicted molar refractivity (Wildman–Crippen MR) is 71.2 cm³/mol. The first-order valence-electron chi connectivity index (χ1n) is 6.08. The zero-order valence-corrected chi connectivity index (χ0v) is 12.5. The maximum absolute atomic E-state index is 11.9. The summed E-state index contributed by atoms with van der Waals surface area (Å²) in [7, 11) is -1.11. The molecule has 0 spiro atoms. The van der Waals surface area contributed by atoms with Crippen LogP contribution in [-0.4, -0.2) is 55.7 Å². The average molecular weight is 294 g/mol. The number of hydrogen-bond donors (Lipinski definition) is 2. The van der Waals surface area contributed by atoms with Gasteiger partial charge in [0, 0.05) is 14.1 Å². The van der Waals surface area contributed by atoms with Crippen molar-refractivity contribution in [1.82, 2.24) is 9.62 Å². The van der Waals surface area contributed by atoms with Gasteiger partial charge in [0.25, 0.3) is 0 Å². The van der Waals surface area contributed by atoms with E-state index in [1.165, 1.54) is 21.0 Å². The molecule has 8 heteroatoms. The van der Waals surface area contributed by atoms with Crippen LogP contribution in [0.5, 0.6) is 0 Å². The van der Waals surface area contributed by atoms with Crippen LogP contribution in [0.4, 0.5) is 0 Å². The molecule has 0 aromatic heterocycles. The first-order chi connectivity index (χ1) is 8.63. The quantitative estimate of drug-likeness (QED) is 0.657. The van der Waals surface area contributed by atoms with Crippen LogP contribution in [0.1, 0.15) is 33.1 Å². The third kappa shape index (κ3) is 5.56. The Balaban J connectivity index is 4.90. The van der Waals surface area contributed by atoms with Crippen LogP contribution in [-0.2, 0) is 19.6 Å². The Morgan fingerprint density at radius 1 is 1.32 bits per heavy atom. The van der Waals surface area contributed by atoms with E-state index >= 15 is 0 Å². The molecular formula is C11H22N2O5S. The molecule has 112 valence electrons. The molecule has 2 atom stereocenters. The third-order valence-electron chi connectivity index (χ3n) is 2.70. The Labute approximate surface area is 114 Å². The van der Waals surface area contributed by atoms with Gasteiger partial charge in [-0.25, -0.2) is 13.1 Å². The number of nitrogens with one attached hydrogen (secondary N) is 1. The van der Waals surface area contributed by atoms with Gasteiger partial charge in [0.1, 0.15) is 6.04 Å². The number of rotatable bonds is 8. The van der Waals surface area contributed by atoms with Crippen molar-refractivity contribution in [2.45, 2.75) is 44.4 Å². The number of hydrogen-bond acceptors (Lipinski definition) is 4. The molecule has 0 fully saturated rings. The SMILES string of the molecule is CCCCC(NS(=O)(=O)C(C)C(=O)N(C)C)C(=O)O. The lowest BCUT2D eigenvalue weighted by Crippen LogP contribution is -2.48. The molecule has 2 unspecified atom stereocenters. The van der Waals surface area contributed by atoms with Gasteiger partial charge in [0.2, 0.25) is 15.9 Å². The highest BCUT2D eigenvalue weighted by Crippen LogP contribution is 2.07. The number of amides is 1. The fourth-order valence-corrected chi connectivity index (χ4v) is 2.73. The number of sulfonamides is 1. The fourth-order valence-electron chi connectivity index (χ4n) is 1.44. The zero-order chi connectivity index (χ0) is 15.2. The second kappa shape index (κ2) is 7.44. The molecule has 2 N–H and O–H groups in total. The minimum atomic E-state index is -4.00. The van der Waals surface area contributed by atoms with Crippen LogP contribution >= 0.6 is 0 Å². The molecular weight excluding hydrogens is 272 g/mol. The lowest BCUT2D eigenvalue weighted by molar-refractivity contribution is -0.139. The van der Waals surface area contributed by atoms with Crippen molar-refractivity contribution < 1.29 is 23.1 Å². The van der Waals surface area contributed by atoms with Crippen molar-refractivity contribution in [3.8, 4) is 0 Å². The van der Waals surface area contributed by atoms with E-state index in [-0.39, 0.29) is 6.42 Å². The summed E-state index contributed by atoms with van der Waals surface area (Å²) in [6.45, 7) is 3.12. The number of nitrogens with zero attached hydrogens (tertiary/aromatic N) is 1. The van der Waals surface area contributed by atoms with Gasteiger partial charge in [-0.2, -0.15) is 0 Å². The van der Waals surface area contributed by atoms with Crippen molar-refractivity contribution in [2.75, 3.05) is 14.1 Å². The van der Waals surface area contributed by atoms with E-state index in [2.05, 4.69) is 4.72 Å². The summed E-state index contributed by atoms with van der Waals surface area (Å²) in [5.41, 5.74) is 0. The number of unbranched alkanes of at least 4 members (excludes halogenated alkanes) is 1. The first-order valence-corrected chi connectivity index (χ1v) is 7.63. The van der Waals surface area contributed by atoms with Gasteiger partial charge >= 0.3 is 5.97 Å². The molecule has 0 aliphatic heterocycles. The van der Waals surface area contributed by atoms with Gasteiger partial charge in [-0.15, -0.1) is 0 Å². The highest BCUT2D eigenvalue weighted by Gasteiger charge is 2.33. The topological polar surface area (TPSA) is 104 Å². The van der Waals surface area contributed by atoms with Crippen molar-refractivity contribution in [2.24, 2.45) is 0 Å². The van der Waals surface area contributed by atoms with Gasteiger partial charge in [-0.1, -0.05) is 19.8 Å². The third-order valence-corrected chi connectivity index (χ3v) is 4.45. The summed E-state index contributed by atoms with van der Waals surface area (Å²) in [4.78, 5) is 23.8. The molecule has 0 rings (SSSR count). The summed E-state index contributed by atoms with van der Waals surface area (Å²) in [5, 5.41) is 7.66. The molecule has 1 amide bonds. The molecule has 0 saturated heterocycles.